The largest absolute Gasteiger partial charge is 0.326 e. The summed E-state index contributed by atoms with van der Waals surface area (Å²) in [5.74, 6) is -2.09. The van der Waals surface area contributed by atoms with Gasteiger partial charge in [0.15, 0.2) is 5.13 Å². The van der Waals surface area contributed by atoms with Gasteiger partial charge in [0.25, 0.3) is 5.69 Å². The van der Waals surface area contributed by atoms with Crippen LogP contribution in [0.2, 0.25) is 0 Å². The van der Waals surface area contributed by atoms with Gasteiger partial charge in [-0.25, -0.2) is 9.37 Å². The molecule has 30 heavy (non-hydrogen) atoms. The summed E-state index contributed by atoms with van der Waals surface area (Å²) in [7, 11) is 0. The van der Waals surface area contributed by atoms with Gasteiger partial charge in [0.05, 0.1) is 16.5 Å². The molecule has 10 heteroatoms. The van der Waals surface area contributed by atoms with E-state index in [1.807, 2.05) is 0 Å². The first-order valence-corrected chi connectivity index (χ1v) is 9.81. The molecule has 1 unspecified atom stereocenters. The average molecular weight is 426 g/mol. The molecule has 0 aliphatic carbocycles. The van der Waals surface area contributed by atoms with E-state index in [1.165, 1.54) is 35.6 Å². The number of rotatable bonds is 4. The minimum atomic E-state index is -0.776. The van der Waals surface area contributed by atoms with Crippen molar-refractivity contribution in [2.45, 2.75) is 19.3 Å². The third kappa shape index (κ3) is 3.77. The van der Waals surface area contributed by atoms with Crippen LogP contribution in [0.5, 0.6) is 0 Å². The number of nitro benzene ring substituents is 1. The van der Waals surface area contributed by atoms with E-state index >= 15 is 0 Å². The molecule has 2 N–H and O–H groups in total. The van der Waals surface area contributed by atoms with Crippen LogP contribution in [0.15, 0.2) is 41.8 Å². The molecule has 0 saturated heterocycles. The second kappa shape index (κ2) is 7.64. The van der Waals surface area contributed by atoms with E-state index < -0.39 is 22.6 Å². The highest BCUT2D eigenvalue weighted by Gasteiger charge is 2.31. The SMILES string of the molecule is Cc1ccc(-c2csc(NC(=O)C3CC(=O)Nc4cc(F)ccc43)n2)cc1[N+](=O)[O-]. The zero-order valence-corrected chi connectivity index (χ0v) is 16.5. The van der Waals surface area contributed by atoms with E-state index in [9.17, 15) is 24.1 Å². The van der Waals surface area contributed by atoms with Crippen molar-refractivity contribution in [1.29, 1.82) is 0 Å². The fraction of sp³-hybridized carbons (Fsp3) is 0.150. The Labute approximate surface area is 173 Å². The number of anilines is 2. The van der Waals surface area contributed by atoms with Gasteiger partial charge >= 0.3 is 0 Å². The Bertz CT molecular complexity index is 1190. The molecule has 152 valence electrons. The highest BCUT2D eigenvalue weighted by atomic mass is 32.1. The fourth-order valence-corrected chi connectivity index (χ4v) is 4.02. The fourth-order valence-electron chi connectivity index (χ4n) is 3.29. The van der Waals surface area contributed by atoms with Crippen LogP contribution in [0.3, 0.4) is 0 Å². The summed E-state index contributed by atoms with van der Waals surface area (Å²) >= 11 is 1.17. The number of aromatic nitrogens is 1. The molecule has 0 radical (unpaired) electrons. The molecule has 1 aliphatic heterocycles. The van der Waals surface area contributed by atoms with Gasteiger partial charge in [-0.05, 0) is 24.6 Å². The van der Waals surface area contributed by atoms with Crippen LogP contribution in [0.25, 0.3) is 11.3 Å². The van der Waals surface area contributed by atoms with Crippen LogP contribution in [0.4, 0.5) is 20.9 Å². The van der Waals surface area contributed by atoms with Gasteiger partial charge in [0.1, 0.15) is 5.82 Å². The van der Waals surface area contributed by atoms with Gasteiger partial charge in [-0.15, -0.1) is 11.3 Å². The lowest BCUT2D eigenvalue weighted by molar-refractivity contribution is -0.385. The number of halogens is 1. The number of nitrogens with zero attached hydrogens (tertiary/aromatic N) is 2. The number of carbonyl (C=O) groups excluding carboxylic acids is 2. The van der Waals surface area contributed by atoms with Crippen LogP contribution in [0.1, 0.15) is 23.5 Å². The highest BCUT2D eigenvalue weighted by Crippen LogP contribution is 2.34. The Kier molecular flexibility index (Phi) is 5.00. The Morgan fingerprint density at radius 1 is 1.33 bits per heavy atom. The van der Waals surface area contributed by atoms with E-state index in [0.717, 1.165) is 0 Å². The summed E-state index contributed by atoms with van der Waals surface area (Å²) in [5, 5.41) is 18.4. The Hall–Kier alpha value is -3.66. The molecule has 2 heterocycles. The maximum atomic E-state index is 13.5. The van der Waals surface area contributed by atoms with Gasteiger partial charge in [-0.2, -0.15) is 0 Å². The van der Waals surface area contributed by atoms with Gasteiger partial charge < -0.3 is 10.6 Å². The molecule has 4 rings (SSSR count). The number of nitrogens with one attached hydrogen (secondary N) is 2. The zero-order valence-electron chi connectivity index (χ0n) is 15.6. The summed E-state index contributed by atoms with van der Waals surface area (Å²) in [5.41, 5.74) is 2.38. The maximum absolute atomic E-state index is 13.5. The minimum Gasteiger partial charge on any atom is -0.326 e. The number of fused-ring (bicyclic) bond motifs is 1. The third-order valence-corrected chi connectivity index (χ3v) is 5.56. The van der Waals surface area contributed by atoms with Gasteiger partial charge in [0.2, 0.25) is 11.8 Å². The molecule has 1 aliphatic rings. The van der Waals surface area contributed by atoms with Crippen LogP contribution in [-0.2, 0) is 9.59 Å². The molecule has 2 aromatic carbocycles. The molecule has 1 aromatic heterocycles. The summed E-state index contributed by atoms with van der Waals surface area (Å²) < 4.78 is 13.5. The number of aryl methyl sites for hydroxylation is 1. The van der Waals surface area contributed by atoms with Crippen LogP contribution >= 0.6 is 11.3 Å². The van der Waals surface area contributed by atoms with Gasteiger partial charge in [0, 0.05) is 34.7 Å². The van der Waals surface area contributed by atoms with Crippen molar-refractivity contribution in [3.63, 3.8) is 0 Å². The molecule has 8 nitrogen and oxygen atoms in total. The van der Waals surface area contributed by atoms with E-state index in [4.69, 9.17) is 0 Å². The molecule has 0 bridgehead atoms. The lowest BCUT2D eigenvalue weighted by atomic mass is 9.90. The number of thiazole rings is 1. The number of nitro groups is 1. The lowest BCUT2D eigenvalue weighted by Crippen LogP contribution is -2.30. The number of carbonyl (C=O) groups is 2. The third-order valence-electron chi connectivity index (χ3n) is 4.81. The lowest BCUT2D eigenvalue weighted by Gasteiger charge is -2.24. The number of hydrogen-bond acceptors (Lipinski definition) is 6. The molecule has 0 spiro atoms. The van der Waals surface area contributed by atoms with Crippen molar-refractivity contribution in [3.8, 4) is 11.3 Å². The number of hydrogen-bond donors (Lipinski definition) is 2. The minimum absolute atomic E-state index is 0.0110. The predicted molar refractivity (Wildman–Crippen MR) is 110 cm³/mol. The predicted octanol–water partition coefficient (Wildman–Crippen LogP) is 4.23. The van der Waals surface area contributed by atoms with Crippen LogP contribution in [-0.4, -0.2) is 21.7 Å². The Morgan fingerprint density at radius 3 is 2.90 bits per heavy atom. The number of benzene rings is 2. The molecule has 3 aromatic rings. The second-order valence-corrected chi connectivity index (χ2v) is 7.68. The van der Waals surface area contributed by atoms with E-state index in [1.54, 1.807) is 24.4 Å². The van der Waals surface area contributed by atoms with Crippen molar-refractivity contribution >= 4 is 39.7 Å². The Morgan fingerprint density at radius 2 is 2.13 bits per heavy atom. The van der Waals surface area contributed by atoms with Crippen LogP contribution < -0.4 is 10.6 Å². The normalized spacial score (nSPS) is 15.3. The summed E-state index contributed by atoms with van der Waals surface area (Å²) in [6, 6.07) is 8.70. The topological polar surface area (TPSA) is 114 Å². The molecule has 0 saturated carbocycles. The average Bonchev–Trinajstić information content (AvgIpc) is 3.15. The van der Waals surface area contributed by atoms with E-state index in [2.05, 4.69) is 15.6 Å². The van der Waals surface area contributed by atoms with Crippen molar-refractivity contribution in [2.75, 3.05) is 10.6 Å². The summed E-state index contributed by atoms with van der Waals surface area (Å²) in [4.78, 5) is 39.7. The molecule has 0 fully saturated rings. The first-order valence-electron chi connectivity index (χ1n) is 8.93. The smallest absolute Gasteiger partial charge is 0.272 e. The molecular formula is C20H15FN4O4S. The summed E-state index contributed by atoms with van der Waals surface area (Å²) in [6.07, 6.45) is -0.0626. The first kappa shape index (κ1) is 19.6. The second-order valence-electron chi connectivity index (χ2n) is 6.82. The zero-order chi connectivity index (χ0) is 21.4. The quantitative estimate of drug-likeness (QED) is 0.479. The van der Waals surface area contributed by atoms with Crippen molar-refractivity contribution < 1.29 is 18.9 Å². The maximum Gasteiger partial charge on any atom is 0.272 e. The van der Waals surface area contributed by atoms with Crippen molar-refractivity contribution in [3.05, 3.63) is 68.8 Å². The summed E-state index contributed by atoms with van der Waals surface area (Å²) in [6.45, 7) is 1.65. The molecular weight excluding hydrogens is 411 g/mol. The van der Waals surface area contributed by atoms with Gasteiger partial charge in [-0.3, -0.25) is 19.7 Å². The van der Waals surface area contributed by atoms with Crippen LogP contribution in [0, 0.1) is 22.9 Å². The van der Waals surface area contributed by atoms with Gasteiger partial charge in [-0.1, -0.05) is 18.2 Å². The Balaban J connectivity index is 1.56. The van der Waals surface area contributed by atoms with Crippen molar-refractivity contribution in [1.82, 2.24) is 4.98 Å². The van der Waals surface area contributed by atoms with E-state index in [0.29, 0.717) is 27.5 Å². The van der Waals surface area contributed by atoms with E-state index in [-0.39, 0.29) is 23.7 Å². The highest BCUT2D eigenvalue weighted by molar-refractivity contribution is 7.14. The van der Waals surface area contributed by atoms with Crippen molar-refractivity contribution in [2.24, 2.45) is 0 Å². The molecule has 2 amide bonds. The standard InChI is InChI=1S/C20H15FN4O4S/c1-10-2-3-11(6-17(10)25(28)29)16-9-30-20(23-16)24-19(27)14-8-18(26)22-15-7-12(21)4-5-13(14)15/h2-7,9,14H,8H2,1H3,(H,22,26)(H,23,24,27). The number of amides is 2. The first-order chi connectivity index (χ1) is 14.3. The molecule has 1 atom stereocenters. The monoisotopic (exact) mass is 426 g/mol.